The molecule has 1 aliphatic rings. The SMILES string of the molecule is CCON=C1CCC(C)(CC)CC1. The van der Waals surface area contributed by atoms with E-state index in [1.807, 2.05) is 6.92 Å². The minimum absolute atomic E-state index is 0.561. The molecular weight excluding hydrogens is 162 g/mol. The van der Waals surface area contributed by atoms with E-state index in [0.717, 1.165) is 12.8 Å². The summed E-state index contributed by atoms with van der Waals surface area (Å²) in [5.41, 5.74) is 1.82. The summed E-state index contributed by atoms with van der Waals surface area (Å²) in [6.07, 6.45) is 6.09. The lowest BCUT2D eigenvalue weighted by atomic mass is 9.73. The second-order valence-corrected chi connectivity index (χ2v) is 4.24. The predicted octanol–water partition coefficient (Wildman–Crippen LogP) is 3.37. The van der Waals surface area contributed by atoms with Gasteiger partial charge in [0.05, 0.1) is 5.71 Å². The minimum Gasteiger partial charge on any atom is -0.396 e. The zero-order valence-corrected chi connectivity index (χ0v) is 9.10. The Kier molecular flexibility index (Phi) is 3.76. The molecule has 0 amide bonds. The third-order valence-corrected chi connectivity index (χ3v) is 3.21. The summed E-state index contributed by atoms with van der Waals surface area (Å²) in [4.78, 5) is 5.06. The molecular formula is C11H21NO. The second-order valence-electron chi connectivity index (χ2n) is 4.24. The van der Waals surface area contributed by atoms with Crippen LogP contribution in [0.1, 0.15) is 52.9 Å². The van der Waals surface area contributed by atoms with Crippen LogP contribution in [0, 0.1) is 5.41 Å². The monoisotopic (exact) mass is 183 g/mol. The summed E-state index contributed by atoms with van der Waals surface area (Å²) in [5.74, 6) is 0. The highest BCUT2D eigenvalue weighted by Crippen LogP contribution is 2.37. The molecule has 0 radical (unpaired) electrons. The van der Waals surface area contributed by atoms with Crippen LogP contribution in [-0.2, 0) is 4.84 Å². The van der Waals surface area contributed by atoms with Gasteiger partial charge in [-0.1, -0.05) is 25.4 Å². The normalized spacial score (nSPS) is 28.7. The van der Waals surface area contributed by atoms with Gasteiger partial charge in [0, 0.05) is 0 Å². The molecule has 0 aliphatic heterocycles. The Balaban J connectivity index is 2.38. The van der Waals surface area contributed by atoms with Crippen LogP contribution in [0.15, 0.2) is 5.16 Å². The van der Waals surface area contributed by atoms with E-state index in [0.29, 0.717) is 12.0 Å². The summed E-state index contributed by atoms with van der Waals surface area (Å²) in [7, 11) is 0. The lowest BCUT2D eigenvalue weighted by Crippen LogP contribution is -2.23. The highest BCUT2D eigenvalue weighted by molar-refractivity contribution is 5.84. The molecule has 13 heavy (non-hydrogen) atoms. The van der Waals surface area contributed by atoms with Crippen molar-refractivity contribution in [3.8, 4) is 0 Å². The van der Waals surface area contributed by atoms with E-state index in [-0.39, 0.29) is 0 Å². The molecule has 1 saturated carbocycles. The molecule has 1 aliphatic carbocycles. The van der Waals surface area contributed by atoms with E-state index in [1.165, 1.54) is 25.0 Å². The third-order valence-electron chi connectivity index (χ3n) is 3.21. The van der Waals surface area contributed by atoms with Gasteiger partial charge in [0.15, 0.2) is 0 Å². The van der Waals surface area contributed by atoms with Gasteiger partial charge in [-0.05, 0) is 38.0 Å². The van der Waals surface area contributed by atoms with E-state index in [9.17, 15) is 0 Å². The largest absolute Gasteiger partial charge is 0.396 e. The van der Waals surface area contributed by atoms with Crippen LogP contribution in [0.25, 0.3) is 0 Å². The predicted molar refractivity (Wildman–Crippen MR) is 55.9 cm³/mol. The molecule has 1 fully saturated rings. The lowest BCUT2D eigenvalue weighted by Gasteiger charge is -2.32. The molecule has 1 rings (SSSR count). The zero-order chi connectivity index (χ0) is 9.73. The van der Waals surface area contributed by atoms with Gasteiger partial charge in [0.25, 0.3) is 0 Å². The van der Waals surface area contributed by atoms with Crippen LogP contribution in [0.3, 0.4) is 0 Å². The quantitative estimate of drug-likeness (QED) is 0.615. The van der Waals surface area contributed by atoms with Gasteiger partial charge in [-0.15, -0.1) is 0 Å². The molecule has 0 aromatic carbocycles. The Bertz CT molecular complexity index is 177. The molecule has 0 heterocycles. The van der Waals surface area contributed by atoms with Crippen LogP contribution in [0.4, 0.5) is 0 Å². The van der Waals surface area contributed by atoms with Gasteiger partial charge in [0.1, 0.15) is 6.61 Å². The standard InChI is InChI=1S/C11H21NO/c1-4-11(3)8-6-10(7-9-11)12-13-5-2/h4-9H2,1-3H3. The Labute approximate surface area is 81.3 Å². The topological polar surface area (TPSA) is 21.6 Å². The maximum atomic E-state index is 5.06. The van der Waals surface area contributed by atoms with Crippen molar-refractivity contribution in [3.63, 3.8) is 0 Å². The molecule has 2 nitrogen and oxygen atoms in total. The Morgan fingerprint density at radius 2 is 1.92 bits per heavy atom. The fourth-order valence-corrected chi connectivity index (χ4v) is 1.74. The fourth-order valence-electron chi connectivity index (χ4n) is 1.74. The molecule has 2 heteroatoms. The van der Waals surface area contributed by atoms with Crippen LogP contribution in [0.5, 0.6) is 0 Å². The van der Waals surface area contributed by atoms with Gasteiger partial charge in [-0.3, -0.25) is 0 Å². The number of nitrogens with zero attached hydrogens (tertiary/aromatic N) is 1. The highest BCUT2D eigenvalue weighted by Gasteiger charge is 2.27. The maximum Gasteiger partial charge on any atom is 0.114 e. The summed E-state index contributed by atoms with van der Waals surface area (Å²) in [5, 5.41) is 4.12. The van der Waals surface area contributed by atoms with Crippen molar-refractivity contribution in [2.45, 2.75) is 52.9 Å². The molecule has 0 N–H and O–H groups in total. The number of oxime groups is 1. The number of hydrogen-bond donors (Lipinski definition) is 0. The molecule has 0 aromatic rings. The van der Waals surface area contributed by atoms with Crippen molar-refractivity contribution in [3.05, 3.63) is 0 Å². The Morgan fingerprint density at radius 3 is 2.38 bits per heavy atom. The lowest BCUT2D eigenvalue weighted by molar-refractivity contribution is 0.153. The average molecular weight is 183 g/mol. The van der Waals surface area contributed by atoms with E-state index in [1.54, 1.807) is 0 Å². The first-order valence-corrected chi connectivity index (χ1v) is 5.38. The van der Waals surface area contributed by atoms with Crippen molar-refractivity contribution in [1.82, 2.24) is 0 Å². The zero-order valence-electron chi connectivity index (χ0n) is 9.10. The van der Waals surface area contributed by atoms with Crippen molar-refractivity contribution in [1.29, 1.82) is 0 Å². The second kappa shape index (κ2) is 4.64. The molecule has 0 saturated heterocycles. The van der Waals surface area contributed by atoms with Crippen molar-refractivity contribution >= 4 is 5.71 Å². The minimum atomic E-state index is 0.561. The van der Waals surface area contributed by atoms with Gasteiger partial charge in [-0.2, -0.15) is 0 Å². The summed E-state index contributed by atoms with van der Waals surface area (Å²) in [6, 6.07) is 0. The molecule has 0 bridgehead atoms. The summed E-state index contributed by atoms with van der Waals surface area (Å²) >= 11 is 0. The molecule has 0 spiro atoms. The summed E-state index contributed by atoms with van der Waals surface area (Å²) in [6.45, 7) is 7.33. The first kappa shape index (κ1) is 10.6. The molecule has 0 atom stereocenters. The van der Waals surface area contributed by atoms with Crippen molar-refractivity contribution in [2.75, 3.05) is 6.61 Å². The molecule has 0 aromatic heterocycles. The molecule has 0 unspecified atom stereocenters. The number of hydrogen-bond acceptors (Lipinski definition) is 2. The summed E-state index contributed by atoms with van der Waals surface area (Å²) < 4.78 is 0. The Morgan fingerprint density at radius 1 is 1.31 bits per heavy atom. The van der Waals surface area contributed by atoms with Crippen LogP contribution in [0.2, 0.25) is 0 Å². The first-order chi connectivity index (χ1) is 6.20. The fraction of sp³-hybridized carbons (Fsp3) is 0.909. The van der Waals surface area contributed by atoms with Gasteiger partial charge >= 0.3 is 0 Å². The van der Waals surface area contributed by atoms with Crippen LogP contribution >= 0.6 is 0 Å². The van der Waals surface area contributed by atoms with Gasteiger partial charge in [0.2, 0.25) is 0 Å². The first-order valence-electron chi connectivity index (χ1n) is 5.38. The van der Waals surface area contributed by atoms with E-state index >= 15 is 0 Å². The van der Waals surface area contributed by atoms with Crippen LogP contribution < -0.4 is 0 Å². The van der Waals surface area contributed by atoms with E-state index in [4.69, 9.17) is 4.84 Å². The maximum absolute atomic E-state index is 5.06. The third kappa shape index (κ3) is 3.02. The highest BCUT2D eigenvalue weighted by atomic mass is 16.6. The van der Waals surface area contributed by atoms with Crippen LogP contribution in [-0.4, -0.2) is 12.3 Å². The van der Waals surface area contributed by atoms with E-state index < -0.39 is 0 Å². The van der Waals surface area contributed by atoms with Crippen molar-refractivity contribution in [2.24, 2.45) is 10.6 Å². The Hall–Kier alpha value is -0.530. The smallest absolute Gasteiger partial charge is 0.114 e. The number of rotatable bonds is 3. The average Bonchev–Trinajstić information content (AvgIpc) is 2.17. The van der Waals surface area contributed by atoms with Crippen molar-refractivity contribution < 1.29 is 4.84 Å². The van der Waals surface area contributed by atoms with Gasteiger partial charge in [-0.25, -0.2) is 0 Å². The molecule has 76 valence electrons. The van der Waals surface area contributed by atoms with Gasteiger partial charge < -0.3 is 4.84 Å². The van der Waals surface area contributed by atoms with E-state index in [2.05, 4.69) is 19.0 Å².